The highest BCUT2D eigenvalue weighted by molar-refractivity contribution is 7.09. The second-order valence-electron chi connectivity index (χ2n) is 5.07. The van der Waals surface area contributed by atoms with Crippen LogP contribution in [0.2, 0.25) is 0 Å². The van der Waals surface area contributed by atoms with Gasteiger partial charge in [0.05, 0.1) is 0 Å². The van der Waals surface area contributed by atoms with E-state index in [2.05, 4.69) is 24.4 Å². The van der Waals surface area contributed by atoms with Crippen molar-refractivity contribution in [1.82, 2.24) is 0 Å². The lowest BCUT2D eigenvalue weighted by Gasteiger charge is -2.22. The summed E-state index contributed by atoms with van der Waals surface area (Å²) < 4.78 is 0. The minimum Gasteiger partial charge on any atom is -0.399 e. The van der Waals surface area contributed by atoms with E-state index in [4.69, 9.17) is 5.73 Å². The van der Waals surface area contributed by atoms with Crippen LogP contribution in [0, 0.1) is 0 Å². The molecule has 0 bridgehead atoms. The van der Waals surface area contributed by atoms with Crippen LogP contribution < -0.4 is 10.6 Å². The zero-order valence-corrected chi connectivity index (χ0v) is 13.2. The zero-order chi connectivity index (χ0) is 15.1. The molecule has 1 aromatic heterocycles. The average molecular weight is 302 g/mol. The molecule has 2 rings (SSSR count). The van der Waals surface area contributed by atoms with E-state index in [1.807, 2.05) is 29.2 Å². The first-order valence-electron chi connectivity index (χ1n) is 7.39. The Balaban J connectivity index is 1.95. The Labute approximate surface area is 130 Å². The highest BCUT2D eigenvalue weighted by Crippen LogP contribution is 2.20. The van der Waals surface area contributed by atoms with Crippen molar-refractivity contribution in [3.05, 3.63) is 46.7 Å². The van der Waals surface area contributed by atoms with Gasteiger partial charge in [-0.2, -0.15) is 0 Å². The molecule has 2 aromatic rings. The van der Waals surface area contributed by atoms with E-state index in [-0.39, 0.29) is 5.91 Å². The monoisotopic (exact) mass is 302 g/mol. The Morgan fingerprint density at radius 3 is 2.81 bits per heavy atom. The summed E-state index contributed by atoms with van der Waals surface area (Å²) in [6, 6.07) is 11.7. The molecule has 0 aliphatic heterocycles. The number of nitrogens with two attached hydrogens (primary N) is 1. The highest BCUT2D eigenvalue weighted by atomic mass is 32.1. The lowest BCUT2D eigenvalue weighted by molar-refractivity contribution is -0.118. The van der Waals surface area contributed by atoms with Crippen LogP contribution in [0.3, 0.4) is 0 Å². The van der Waals surface area contributed by atoms with Gasteiger partial charge in [-0.3, -0.25) is 4.79 Å². The van der Waals surface area contributed by atoms with Crippen LogP contribution in [0.1, 0.15) is 31.1 Å². The minimum atomic E-state index is 0.180. The Hall–Kier alpha value is -1.81. The van der Waals surface area contributed by atoms with Gasteiger partial charge in [-0.25, -0.2) is 0 Å². The van der Waals surface area contributed by atoms with Crippen molar-refractivity contribution in [2.24, 2.45) is 0 Å². The third kappa shape index (κ3) is 4.60. The lowest BCUT2D eigenvalue weighted by Crippen LogP contribution is -2.31. The summed E-state index contributed by atoms with van der Waals surface area (Å²) in [5.41, 5.74) is 7.42. The standard InChI is InChI=1S/C17H22N2OS/c1-2-11-19(15-7-3-6-14(18)13-15)17(20)10-4-8-16-9-5-12-21-16/h3,5-7,9,12-13H,2,4,8,10-11,18H2,1H3. The Morgan fingerprint density at radius 2 is 2.14 bits per heavy atom. The molecule has 0 atom stereocenters. The van der Waals surface area contributed by atoms with Crippen LogP contribution in [0.4, 0.5) is 11.4 Å². The third-order valence-electron chi connectivity index (χ3n) is 3.32. The molecule has 0 spiro atoms. The molecule has 21 heavy (non-hydrogen) atoms. The Morgan fingerprint density at radius 1 is 1.29 bits per heavy atom. The molecule has 3 nitrogen and oxygen atoms in total. The van der Waals surface area contributed by atoms with Gasteiger partial charge in [-0.1, -0.05) is 19.1 Å². The molecule has 1 aromatic carbocycles. The van der Waals surface area contributed by atoms with Crippen molar-refractivity contribution in [1.29, 1.82) is 0 Å². The molecule has 0 saturated heterocycles. The number of aryl methyl sites for hydroxylation is 1. The van der Waals surface area contributed by atoms with Gasteiger partial charge >= 0.3 is 0 Å². The van der Waals surface area contributed by atoms with Gasteiger partial charge in [0, 0.05) is 29.2 Å². The number of carbonyl (C=O) groups excluding carboxylic acids is 1. The number of anilines is 2. The molecular weight excluding hydrogens is 280 g/mol. The molecule has 0 radical (unpaired) electrons. The van der Waals surface area contributed by atoms with Crippen molar-refractivity contribution >= 4 is 28.6 Å². The first-order chi connectivity index (χ1) is 10.2. The topological polar surface area (TPSA) is 46.3 Å². The van der Waals surface area contributed by atoms with Gasteiger partial charge in [0.25, 0.3) is 0 Å². The smallest absolute Gasteiger partial charge is 0.226 e. The average Bonchev–Trinajstić information content (AvgIpc) is 2.98. The summed E-state index contributed by atoms with van der Waals surface area (Å²) in [6.07, 6.45) is 3.38. The largest absolute Gasteiger partial charge is 0.399 e. The highest BCUT2D eigenvalue weighted by Gasteiger charge is 2.14. The normalized spacial score (nSPS) is 10.5. The molecular formula is C17H22N2OS. The minimum absolute atomic E-state index is 0.180. The van der Waals surface area contributed by atoms with E-state index in [1.165, 1.54) is 4.88 Å². The van der Waals surface area contributed by atoms with Crippen molar-refractivity contribution in [2.45, 2.75) is 32.6 Å². The predicted molar refractivity (Wildman–Crippen MR) is 90.8 cm³/mol. The van der Waals surface area contributed by atoms with Gasteiger partial charge in [0.15, 0.2) is 0 Å². The predicted octanol–water partition coefficient (Wildman–Crippen LogP) is 4.10. The summed E-state index contributed by atoms with van der Waals surface area (Å²) in [6.45, 7) is 2.82. The van der Waals surface area contributed by atoms with Crippen molar-refractivity contribution in [3.63, 3.8) is 0 Å². The van der Waals surface area contributed by atoms with Crippen molar-refractivity contribution in [3.8, 4) is 0 Å². The molecule has 112 valence electrons. The molecule has 0 aliphatic carbocycles. The number of thiophene rings is 1. The van der Waals surface area contributed by atoms with E-state index in [0.29, 0.717) is 12.1 Å². The maximum absolute atomic E-state index is 12.5. The van der Waals surface area contributed by atoms with E-state index in [1.54, 1.807) is 11.3 Å². The fraction of sp³-hybridized carbons (Fsp3) is 0.353. The van der Waals surface area contributed by atoms with Crippen LogP contribution in [0.25, 0.3) is 0 Å². The maximum atomic E-state index is 12.5. The van der Waals surface area contributed by atoms with Gasteiger partial charge < -0.3 is 10.6 Å². The SMILES string of the molecule is CCCN(C(=O)CCCc1cccs1)c1cccc(N)c1. The first-order valence-corrected chi connectivity index (χ1v) is 8.27. The number of hydrogen-bond acceptors (Lipinski definition) is 3. The van der Waals surface area contributed by atoms with E-state index in [9.17, 15) is 4.79 Å². The number of nitrogen functional groups attached to an aromatic ring is 1. The fourth-order valence-electron chi connectivity index (χ4n) is 2.32. The van der Waals surface area contributed by atoms with Crippen LogP contribution in [-0.2, 0) is 11.2 Å². The molecule has 1 heterocycles. The van der Waals surface area contributed by atoms with Crippen molar-refractivity contribution in [2.75, 3.05) is 17.2 Å². The second kappa shape index (κ2) is 7.84. The zero-order valence-electron chi connectivity index (χ0n) is 12.4. The fourth-order valence-corrected chi connectivity index (χ4v) is 3.07. The Kier molecular flexibility index (Phi) is 5.81. The lowest BCUT2D eigenvalue weighted by atomic mass is 10.1. The third-order valence-corrected chi connectivity index (χ3v) is 4.26. The summed E-state index contributed by atoms with van der Waals surface area (Å²) in [5, 5.41) is 2.08. The molecule has 4 heteroatoms. The second-order valence-corrected chi connectivity index (χ2v) is 6.11. The summed E-state index contributed by atoms with van der Waals surface area (Å²) in [5.74, 6) is 0.180. The molecule has 0 fully saturated rings. The maximum Gasteiger partial charge on any atom is 0.226 e. The van der Waals surface area contributed by atoms with Crippen molar-refractivity contribution < 1.29 is 4.79 Å². The molecule has 1 amide bonds. The first kappa shape index (κ1) is 15.6. The van der Waals surface area contributed by atoms with Crippen LogP contribution in [0.5, 0.6) is 0 Å². The van der Waals surface area contributed by atoms with Gasteiger partial charge in [0.1, 0.15) is 0 Å². The summed E-state index contributed by atoms with van der Waals surface area (Å²) in [4.78, 5) is 15.7. The van der Waals surface area contributed by atoms with E-state index < -0.39 is 0 Å². The molecule has 0 aliphatic rings. The van der Waals surface area contributed by atoms with Crippen LogP contribution in [-0.4, -0.2) is 12.5 Å². The van der Waals surface area contributed by atoms with Crippen LogP contribution >= 0.6 is 11.3 Å². The van der Waals surface area contributed by atoms with Gasteiger partial charge in [0.2, 0.25) is 5.91 Å². The number of nitrogens with zero attached hydrogens (tertiary/aromatic N) is 1. The number of carbonyl (C=O) groups is 1. The van der Waals surface area contributed by atoms with Crippen LogP contribution in [0.15, 0.2) is 41.8 Å². The number of benzene rings is 1. The molecule has 2 N–H and O–H groups in total. The summed E-state index contributed by atoms with van der Waals surface area (Å²) in [7, 11) is 0. The quantitative estimate of drug-likeness (QED) is 0.783. The van der Waals surface area contributed by atoms with E-state index in [0.717, 1.165) is 31.5 Å². The number of rotatable bonds is 7. The van der Waals surface area contributed by atoms with E-state index >= 15 is 0 Å². The molecule has 0 unspecified atom stereocenters. The van der Waals surface area contributed by atoms with Gasteiger partial charge in [-0.15, -0.1) is 11.3 Å². The Bertz CT molecular complexity index is 566. The molecule has 0 saturated carbocycles. The number of amides is 1. The van der Waals surface area contributed by atoms with Gasteiger partial charge in [-0.05, 0) is 48.9 Å². The number of hydrogen-bond donors (Lipinski definition) is 1. The summed E-state index contributed by atoms with van der Waals surface area (Å²) >= 11 is 1.75.